The molecule has 0 aliphatic carbocycles. The summed E-state index contributed by atoms with van der Waals surface area (Å²) in [6.07, 6.45) is 55.6. The lowest BCUT2D eigenvalue weighted by Gasteiger charge is -2.05. The highest BCUT2D eigenvalue weighted by Crippen LogP contribution is 2.17. The summed E-state index contributed by atoms with van der Waals surface area (Å²) < 4.78 is 0. The van der Waals surface area contributed by atoms with Crippen LogP contribution in [0.5, 0.6) is 0 Å². The molecular weight excluding hydrogens is 532 g/mol. The molecule has 2 nitrogen and oxygen atoms in total. The minimum atomic E-state index is 0.812. The summed E-state index contributed by atoms with van der Waals surface area (Å²) in [4.78, 5) is 0. The summed E-state index contributed by atoms with van der Waals surface area (Å²) in [5, 5.41) is 3.48. The predicted octanol–water partition coefficient (Wildman–Crippen LogP) is 14.4. The van der Waals surface area contributed by atoms with E-state index in [0.717, 1.165) is 19.5 Å². The van der Waals surface area contributed by atoms with Crippen molar-refractivity contribution in [1.29, 1.82) is 0 Å². The number of hydrogen-bond acceptors (Lipinski definition) is 2. The van der Waals surface area contributed by atoms with Crippen molar-refractivity contribution in [2.45, 2.75) is 251 Å². The Morgan fingerprint density at radius 3 is 0.636 bits per heavy atom. The fourth-order valence-electron chi connectivity index (χ4n) is 6.86. The summed E-state index contributed by atoms with van der Waals surface area (Å²) in [5.74, 6) is 0. The molecule has 0 aliphatic heterocycles. The molecule has 0 radical (unpaired) electrons. The molecule has 0 heterocycles. The van der Waals surface area contributed by atoms with Crippen LogP contribution in [0.25, 0.3) is 0 Å². The SMILES string of the molecule is CCCCCCCCCCCCCCCCCCCCCCCCCCCCCCCCCCCCCCCNCCCN. The Morgan fingerprint density at radius 2 is 0.432 bits per heavy atom. The number of nitrogens with two attached hydrogens (primary N) is 1. The van der Waals surface area contributed by atoms with Gasteiger partial charge in [-0.3, -0.25) is 0 Å². The van der Waals surface area contributed by atoms with Crippen LogP contribution in [0.4, 0.5) is 0 Å². The van der Waals surface area contributed by atoms with Crippen molar-refractivity contribution in [3.63, 3.8) is 0 Å². The minimum absolute atomic E-state index is 0.812. The van der Waals surface area contributed by atoms with Gasteiger partial charge in [0.15, 0.2) is 0 Å². The van der Waals surface area contributed by atoms with E-state index in [9.17, 15) is 0 Å². The predicted molar refractivity (Wildman–Crippen MR) is 203 cm³/mol. The van der Waals surface area contributed by atoms with Gasteiger partial charge in [0, 0.05) is 0 Å². The highest BCUT2D eigenvalue weighted by Gasteiger charge is 1.98. The van der Waals surface area contributed by atoms with Crippen LogP contribution in [-0.4, -0.2) is 19.6 Å². The Morgan fingerprint density at radius 1 is 0.250 bits per heavy atom. The van der Waals surface area contributed by atoms with Crippen molar-refractivity contribution in [3.05, 3.63) is 0 Å². The van der Waals surface area contributed by atoms with E-state index in [1.165, 1.54) is 244 Å². The molecule has 266 valence electrons. The highest BCUT2D eigenvalue weighted by molar-refractivity contribution is 4.54. The first-order valence-corrected chi connectivity index (χ1v) is 21.3. The molecule has 0 fully saturated rings. The quantitative estimate of drug-likeness (QED) is 0.0667. The molecule has 3 N–H and O–H groups in total. The molecule has 44 heavy (non-hydrogen) atoms. The summed E-state index contributed by atoms with van der Waals surface area (Å²) in [6.45, 7) is 5.40. The summed E-state index contributed by atoms with van der Waals surface area (Å²) in [7, 11) is 0. The van der Waals surface area contributed by atoms with Crippen LogP contribution in [0.3, 0.4) is 0 Å². The lowest BCUT2D eigenvalue weighted by molar-refractivity contribution is 0.509. The number of hydrogen-bond donors (Lipinski definition) is 2. The molecule has 0 spiro atoms. The second-order valence-corrected chi connectivity index (χ2v) is 14.6. The summed E-state index contributed by atoms with van der Waals surface area (Å²) in [6, 6.07) is 0. The van der Waals surface area contributed by atoms with Crippen LogP contribution in [0.2, 0.25) is 0 Å². The molecule has 0 amide bonds. The second kappa shape index (κ2) is 42.9. The molecule has 0 bridgehead atoms. The Balaban J connectivity index is 3.03. The maximum atomic E-state index is 5.52. The zero-order chi connectivity index (χ0) is 31.7. The van der Waals surface area contributed by atoms with Crippen molar-refractivity contribution in [2.75, 3.05) is 19.6 Å². The van der Waals surface area contributed by atoms with E-state index in [4.69, 9.17) is 5.73 Å². The standard InChI is InChI=1S/C42H88N2/c1-2-3-4-5-6-7-8-9-10-11-12-13-14-15-16-17-18-19-20-21-22-23-24-25-26-27-28-29-30-31-32-33-34-35-36-37-38-41-44-42-39-40-43/h44H,2-43H2,1H3. The molecule has 0 saturated carbocycles. The fourth-order valence-corrected chi connectivity index (χ4v) is 6.86. The molecule has 0 aromatic rings. The van der Waals surface area contributed by atoms with Gasteiger partial charge in [0.1, 0.15) is 0 Å². The first kappa shape index (κ1) is 43.9. The third-order valence-corrected chi connectivity index (χ3v) is 10.0. The van der Waals surface area contributed by atoms with Gasteiger partial charge in [-0.25, -0.2) is 0 Å². The number of rotatable bonds is 41. The van der Waals surface area contributed by atoms with Gasteiger partial charge in [0.05, 0.1) is 0 Å². The summed E-state index contributed by atoms with van der Waals surface area (Å²) in [5.41, 5.74) is 5.52. The topological polar surface area (TPSA) is 38.0 Å². The zero-order valence-electron chi connectivity index (χ0n) is 31.1. The van der Waals surface area contributed by atoms with Crippen LogP contribution in [0.15, 0.2) is 0 Å². The maximum Gasteiger partial charge on any atom is -0.00369 e. The maximum absolute atomic E-state index is 5.52. The van der Waals surface area contributed by atoms with E-state index in [0.29, 0.717) is 0 Å². The van der Waals surface area contributed by atoms with E-state index in [1.54, 1.807) is 0 Å². The molecule has 0 aliphatic rings. The van der Waals surface area contributed by atoms with Gasteiger partial charge in [0.2, 0.25) is 0 Å². The van der Waals surface area contributed by atoms with Crippen molar-refractivity contribution in [3.8, 4) is 0 Å². The molecule has 0 aromatic carbocycles. The van der Waals surface area contributed by atoms with E-state index in [2.05, 4.69) is 12.2 Å². The Hall–Kier alpha value is -0.0800. The van der Waals surface area contributed by atoms with Gasteiger partial charge < -0.3 is 11.1 Å². The van der Waals surface area contributed by atoms with Crippen LogP contribution in [-0.2, 0) is 0 Å². The third kappa shape index (κ3) is 41.9. The van der Waals surface area contributed by atoms with Gasteiger partial charge in [-0.15, -0.1) is 0 Å². The molecule has 0 atom stereocenters. The smallest absolute Gasteiger partial charge is 0.00369 e. The van der Waals surface area contributed by atoms with Crippen molar-refractivity contribution in [1.82, 2.24) is 5.32 Å². The monoisotopic (exact) mass is 621 g/mol. The number of unbranched alkanes of at least 4 members (excludes halogenated alkanes) is 36. The minimum Gasteiger partial charge on any atom is -0.330 e. The molecule has 0 unspecified atom stereocenters. The molecule has 2 heteroatoms. The van der Waals surface area contributed by atoms with E-state index < -0.39 is 0 Å². The molecule has 0 aromatic heterocycles. The van der Waals surface area contributed by atoms with Crippen LogP contribution in [0.1, 0.15) is 251 Å². The first-order chi connectivity index (χ1) is 21.9. The Kier molecular flexibility index (Phi) is 42.8. The highest BCUT2D eigenvalue weighted by atomic mass is 14.8. The fraction of sp³-hybridized carbons (Fsp3) is 1.00. The lowest BCUT2D eigenvalue weighted by atomic mass is 10.0. The van der Waals surface area contributed by atoms with Gasteiger partial charge in [-0.2, -0.15) is 0 Å². The average molecular weight is 621 g/mol. The second-order valence-electron chi connectivity index (χ2n) is 14.6. The van der Waals surface area contributed by atoms with E-state index in [-0.39, 0.29) is 0 Å². The largest absolute Gasteiger partial charge is 0.330 e. The van der Waals surface area contributed by atoms with Gasteiger partial charge >= 0.3 is 0 Å². The van der Waals surface area contributed by atoms with Crippen LogP contribution < -0.4 is 11.1 Å². The van der Waals surface area contributed by atoms with Gasteiger partial charge in [0.25, 0.3) is 0 Å². The van der Waals surface area contributed by atoms with Crippen molar-refractivity contribution in [2.24, 2.45) is 5.73 Å². The summed E-state index contributed by atoms with van der Waals surface area (Å²) >= 11 is 0. The molecule has 0 rings (SSSR count). The Labute approximate surface area is 281 Å². The average Bonchev–Trinajstić information content (AvgIpc) is 3.04. The van der Waals surface area contributed by atoms with E-state index in [1.807, 2.05) is 0 Å². The molecular formula is C42H88N2. The van der Waals surface area contributed by atoms with Crippen LogP contribution >= 0.6 is 0 Å². The normalized spacial score (nSPS) is 11.6. The van der Waals surface area contributed by atoms with Crippen LogP contribution in [0, 0.1) is 0 Å². The van der Waals surface area contributed by atoms with Crippen molar-refractivity contribution >= 4 is 0 Å². The first-order valence-electron chi connectivity index (χ1n) is 21.3. The third-order valence-electron chi connectivity index (χ3n) is 10.0. The van der Waals surface area contributed by atoms with E-state index >= 15 is 0 Å². The van der Waals surface area contributed by atoms with Crippen molar-refractivity contribution < 1.29 is 0 Å². The number of nitrogens with one attached hydrogen (secondary N) is 1. The zero-order valence-corrected chi connectivity index (χ0v) is 31.1. The Bertz CT molecular complexity index is 423. The van der Waals surface area contributed by atoms with Gasteiger partial charge in [-0.05, 0) is 32.5 Å². The van der Waals surface area contributed by atoms with Gasteiger partial charge in [-0.1, -0.05) is 238 Å². The molecule has 0 saturated heterocycles. The lowest BCUT2D eigenvalue weighted by Crippen LogP contribution is -2.19.